The second-order valence-corrected chi connectivity index (χ2v) is 9.34. The minimum absolute atomic E-state index is 0.140. The summed E-state index contributed by atoms with van der Waals surface area (Å²) in [5.74, 6) is 2.42. The highest BCUT2D eigenvalue weighted by molar-refractivity contribution is 5.98. The molecule has 6 nitrogen and oxygen atoms in total. The molecule has 1 unspecified atom stereocenters. The Morgan fingerprint density at radius 2 is 1.87 bits per heavy atom. The zero-order chi connectivity index (χ0) is 21.8. The first-order valence-electron chi connectivity index (χ1n) is 11.9. The number of fused-ring (bicyclic) bond motifs is 2. The molecule has 1 heterocycles. The minimum Gasteiger partial charge on any atom is -0.496 e. The fourth-order valence-corrected chi connectivity index (χ4v) is 6.00. The summed E-state index contributed by atoms with van der Waals surface area (Å²) in [4.78, 5) is 15.7. The van der Waals surface area contributed by atoms with Crippen LogP contribution in [0.2, 0.25) is 0 Å². The molecule has 2 aliphatic carbocycles. The summed E-state index contributed by atoms with van der Waals surface area (Å²) in [6, 6.07) is 6.25. The Morgan fingerprint density at radius 1 is 1.16 bits per heavy atom. The van der Waals surface area contributed by atoms with E-state index in [4.69, 9.17) is 9.47 Å². The first-order valence-corrected chi connectivity index (χ1v) is 11.9. The number of hydrogen-bond acceptors (Lipinski definition) is 5. The molecule has 2 saturated carbocycles. The molecule has 1 atom stereocenters. The van der Waals surface area contributed by atoms with Crippen LogP contribution < -0.4 is 14.8 Å². The van der Waals surface area contributed by atoms with E-state index in [1.54, 1.807) is 19.2 Å². The number of likely N-dealkylation sites (tertiary alicyclic amines) is 1. The van der Waals surface area contributed by atoms with Crippen LogP contribution in [0.1, 0.15) is 74.2 Å². The number of hydrogen-bond donors (Lipinski definition) is 1. The quantitative estimate of drug-likeness (QED) is 0.711. The number of nitrogens with zero attached hydrogens (tertiary/aromatic N) is 2. The summed E-state index contributed by atoms with van der Waals surface area (Å²) >= 11 is 0. The Balaban J connectivity index is 1.43. The molecule has 4 rings (SSSR count). The average Bonchev–Trinajstić information content (AvgIpc) is 3.24. The molecular weight excluding hydrogens is 390 g/mol. The van der Waals surface area contributed by atoms with Crippen molar-refractivity contribution in [1.29, 1.82) is 5.26 Å². The normalized spacial score (nSPS) is 28.0. The molecule has 168 valence electrons. The number of carbonyl (C=O) groups is 1. The van der Waals surface area contributed by atoms with Gasteiger partial charge in [0.15, 0.2) is 0 Å². The highest BCUT2D eigenvalue weighted by Gasteiger charge is 2.42. The second-order valence-electron chi connectivity index (χ2n) is 9.34. The number of benzene rings is 1. The Bertz CT molecular complexity index is 812. The molecular formula is C25H35N3O3. The molecule has 0 radical (unpaired) electrons. The van der Waals surface area contributed by atoms with Gasteiger partial charge in [0.2, 0.25) is 0 Å². The molecule has 0 aromatic heterocycles. The van der Waals surface area contributed by atoms with Gasteiger partial charge in [0.1, 0.15) is 17.6 Å². The van der Waals surface area contributed by atoms with Crippen molar-refractivity contribution in [3.63, 3.8) is 0 Å². The lowest BCUT2D eigenvalue weighted by molar-refractivity contribution is 0.0346. The predicted molar refractivity (Wildman–Crippen MR) is 119 cm³/mol. The van der Waals surface area contributed by atoms with Crippen LogP contribution in [0.25, 0.3) is 0 Å². The van der Waals surface area contributed by atoms with Crippen LogP contribution in [0.5, 0.6) is 11.5 Å². The number of rotatable bonds is 7. The van der Waals surface area contributed by atoms with Gasteiger partial charge in [-0.3, -0.25) is 9.69 Å². The van der Waals surface area contributed by atoms with Crippen molar-refractivity contribution in [2.45, 2.75) is 70.4 Å². The van der Waals surface area contributed by atoms with Gasteiger partial charge in [0.05, 0.1) is 24.8 Å². The van der Waals surface area contributed by atoms with Gasteiger partial charge < -0.3 is 14.8 Å². The van der Waals surface area contributed by atoms with E-state index in [1.807, 2.05) is 6.92 Å². The summed E-state index contributed by atoms with van der Waals surface area (Å²) < 4.78 is 11.1. The molecule has 3 aliphatic rings. The molecule has 1 aliphatic heterocycles. The second kappa shape index (κ2) is 9.91. The van der Waals surface area contributed by atoms with Gasteiger partial charge in [-0.15, -0.1) is 0 Å². The molecule has 31 heavy (non-hydrogen) atoms. The summed E-state index contributed by atoms with van der Waals surface area (Å²) in [6.07, 6.45) is 10.1. The maximum Gasteiger partial charge on any atom is 0.255 e. The maximum atomic E-state index is 13.1. The van der Waals surface area contributed by atoms with Crippen molar-refractivity contribution in [2.24, 2.45) is 11.8 Å². The molecule has 1 aromatic rings. The van der Waals surface area contributed by atoms with Gasteiger partial charge in [-0.1, -0.05) is 19.8 Å². The summed E-state index contributed by atoms with van der Waals surface area (Å²) in [7, 11) is 1.54. The summed E-state index contributed by atoms with van der Waals surface area (Å²) in [6.45, 7) is 4.52. The van der Waals surface area contributed by atoms with Crippen LogP contribution in [0.15, 0.2) is 12.1 Å². The molecule has 0 spiro atoms. The lowest BCUT2D eigenvalue weighted by atomic mass is 9.68. The monoisotopic (exact) mass is 425 g/mol. The maximum absolute atomic E-state index is 13.1. The first kappa shape index (κ1) is 22.0. The van der Waals surface area contributed by atoms with Gasteiger partial charge >= 0.3 is 0 Å². The van der Waals surface area contributed by atoms with Gasteiger partial charge in [-0.2, -0.15) is 5.26 Å². The van der Waals surface area contributed by atoms with E-state index >= 15 is 0 Å². The topological polar surface area (TPSA) is 74.6 Å². The number of nitriles is 1. The van der Waals surface area contributed by atoms with Gasteiger partial charge in [-0.05, 0) is 56.4 Å². The lowest BCUT2D eigenvalue weighted by Crippen LogP contribution is -2.50. The fourth-order valence-electron chi connectivity index (χ4n) is 6.00. The van der Waals surface area contributed by atoms with E-state index < -0.39 is 0 Å². The zero-order valence-corrected chi connectivity index (χ0v) is 18.9. The van der Waals surface area contributed by atoms with Crippen LogP contribution in [0.3, 0.4) is 0 Å². The van der Waals surface area contributed by atoms with Crippen molar-refractivity contribution < 1.29 is 14.3 Å². The highest BCUT2D eigenvalue weighted by atomic mass is 16.5. The number of carbonyl (C=O) groups excluding carboxylic acids is 1. The Hall–Kier alpha value is -2.26. The van der Waals surface area contributed by atoms with Crippen LogP contribution in [0, 0.1) is 23.2 Å². The van der Waals surface area contributed by atoms with Gasteiger partial charge in [-0.25, -0.2) is 0 Å². The average molecular weight is 426 g/mol. The molecule has 1 aromatic carbocycles. The van der Waals surface area contributed by atoms with Crippen LogP contribution in [-0.2, 0) is 0 Å². The Labute approximate surface area is 185 Å². The van der Waals surface area contributed by atoms with Crippen molar-refractivity contribution in [3.8, 4) is 17.6 Å². The van der Waals surface area contributed by atoms with E-state index in [0.717, 1.165) is 37.8 Å². The molecule has 3 fully saturated rings. The summed E-state index contributed by atoms with van der Waals surface area (Å²) in [5.41, 5.74) is 0.762. The molecule has 1 N–H and O–H groups in total. The van der Waals surface area contributed by atoms with Gasteiger partial charge in [0, 0.05) is 31.2 Å². The number of methoxy groups -OCH3 is 1. The largest absolute Gasteiger partial charge is 0.496 e. The van der Waals surface area contributed by atoms with Crippen LogP contribution in [0.4, 0.5) is 0 Å². The minimum atomic E-state index is -0.175. The van der Waals surface area contributed by atoms with Crippen molar-refractivity contribution in [1.82, 2.24) is 10.2 Å². The summed E-state index contributed by atoms with van der Waals surface area (Å²) in [5, 5.41) is 12.7. The molecule has 1 amide bonds. The number of ether oxygens (including phenoxy) is 2. The third kappa shape index (κ3) is 4.67. The van der Waals surface area contributed by atoms with E-state index in [9.17, 15) is 10.1 Å². The predicted octanol–water partition coefficient (Wildman–Crippen LogP) is 4.13. The fraction of sp³-hybridized carbons (Fsp3) is 0.680. The molecule has 1 saturated heterocycles. The van der Waals surface area contributed by atoms with Crippen LogP contribution in [-0.4, -0.2) is 49.7 Å². The molecule has 2 bridgehead atoms. The van der Waals surface area contributed by atoms with Crippen molar-refractivity contribution in [3.05, 3.63) is 23.3 Å². The van der Waals surface area contributed by atoms with Crippen molar-refractivity contribution in [2.75, 3.05) is 26.8 Å². The SMILES string of the molecule is CCCOc1cc(OC)c(C(=O)NC2CCN(C3C4CCCC3CCC4)C2)cc1C#N. The Kier molecular flexibility index (Phi) is 7.02. The lowest BCUT2D eigenvalue weighted by Gasteiger charge is -2.47. The molecule has 6 heteroatoms. The van der Waals surface area contributed by atoms with Crippen molar-refractivity contribution >= 4 is 5.91 Å². The first-order chi connectivity index (χ1) is 15.1. The van der Waals surface area contributed by atoms with Gasteiger partial charge in [0.25, 0.3) is 5.91 Å². The van der Waals surface area contributed by atoms with E-state index in [2.05, 4.69) is 16.3 Å². The smallest absolute Gasteiger partial charge is 0.255 e. The van der Waals surface area contributed by atoms with E-state index in [-0.39, 0.29) is 11.9 Å². The van der Waals surface area contributed by atoms with E-state index in [0.29, 0.717) is 35.3 Å². The van der Waals surface area contributed by atoms with E-state index in [1.165, 1.54) is 38.5 Å². The van der Waals surface area contributed by atoms with Crippen LogP contribution >= 0.6 is 0 Å². The Morgan fingerprint density at radius 3 is 2.48 bits per heavy atom. The number of nitrogens with one attached hydrogen (secondary N) is 1. The highest BCUT2D eigenvalue weighted by Crippen LogP contribution is 2.43. The zero-order valence-electron chi connectivity index (χ0n) is 18.9. The standard InChI is InChI=1S/C25H35N3O3/c1-3-12-31-22-14-23(30-2)21(13-19(22)15-26)25(29)27-20-10-11-28(16-20)24-17-6-4-7-18(24)9-5-8-17/h13-14,17-18,20,24H,3-12,16H2,1-2H3,(H,27,29). The third-order valence-electron chi connectivity index (χ3n) is 7.37. The number of amides is 1. The third-order valence-corrected chi connectivity index (χ3v) is 7.37.